The van der Waals surface area contributed by atoms with Gasteiger partial charge in [0, 0.05) is 6.04 Å². The lowest BCUT2D eigenvalue weighted by atomic mass is 9.90. The number of nitrogens with one attached hydrogen (secondary N) is 1. The van der Waals surface area contributed by atoms with E-state index < -0.39 is 11.5 Å². The number of rotatable bonds is 8. The standard InChI is InChI=1S/C12H24N2O2/c1-4-12(13-2,11(15)16)8-5-9-14(3)10-6-7-10/h10,13H,4-9H2,1-3H3,(H,15,16). The first-order valence-corrected chi connectivity index (χ1v) is 6.18. The van der Waals surface area contributed by atoms with Crippen LogP contribution in [0, 0.1) is 0 Å². The molecule has 0 heterocycles. The molecule has 0 radical (unpaired) electrons. The molecule has 4 heteroatoms. The lowest BCUT2D eigenvalue weighted by molar-refractivity contribution is -0.145. The van der Waals surface area contributed by atoms with Gasteiger partial charge in [-0.2, -0.15) is 0 Å². The van der Waals surface area contributed by atoms with Crippen molar-refractivity contribution in [2.24, 2.45) is 0 Å². The van der Waals surface area contributed by atoms with Crippen LogP contribution in [0.2, 0.25) is 0 Å². The second-order valence-corrected chi connectivity index (χ2v) is 4.81. The van der Waals surface area contributed by atoms with Crippen LogP contribution >= 0.6 is 0 Å². The largest absolute Gasteiger partial charge is 0.480 e. The van der Waals surface area contributed by atoms with E-state index in [4.69, 9.17) is 0 Å². The normalized spacial score (nSPS) is 19.8. The van der Waals surface area contributed by atoms with Gasteiger partial charge in [0.2, 0.25) is 0 Å². The van der Waals surface area contributed by atoms with E-state index in [2.05, 4.69) is 17.3 Å². The molecule has 1 aliphatic rings. The van der Waals surface area contributed by atoms with Crippen LogP contribution in [-0.2, 0) is 4.79 Å². The van der Waals surface area contributed by atoms with E-state index in [-0.39, 0.29) is 0 Å². The zero-order valence-corrected chi connectivity index (χ0v) is 10.6. The van der Waals surface area contributed by atoms with E-state index in [1.54, 1.807) is 7.05 Å². The summed E-state index contributed by atoms with van der Waals surface area (Å²) in [7, 11) is 3.87. The summed E-state index contributed by atoms with van der Waals surface area (Å²) in [4.78, 5) is 13.6. The Balaban J connectivity index is 2.34. The molecule has 0 aromatic rings. The van der Waals surface area contributed by atoms with Crippen molar-refractivity contribution < 1.29 is 9.90 Å². The Morgan fingerprint density at radius 3 is 2.56 bits per heavy atom. The fourth-order valence-corrected chi connectivity index (χ4v) is 2.17. The molecule has 1 atom stereocenters. The van der Waals surface area contributed by atoms with Crippen LogP contribution in [0.25, 0.3) is 0 Å². The van der Waals surface area contributed by atoms with Gasteiger partial charge in [-0.25, -0.2) is 0 Å². The number of hydrogen-bond acceptors (Lipinski definition) is 3. The highest BCUT2D eigenvalue weighted by molar-refractivity contribution is 5.78. The van der Waals surface area contributed by atoms with Crippen molar-refractivity contribution in [3.63, 3.8) is 0 Å². The van der Waals surface area contributed by atoms with Crippen molar-refractivity contribution in [1.29, 1.82) is 0 Å². The molecule has 0 amide bonds. The summed E-state index contributed by atoms with van der Waals surface area (Å²) in [5.74, 6) is -0.730. The Kier molecular flexibility index (Phi) is 4.74. The minimum absolute atomic E-state index is 0.631. The molecule has 1 unspecified atom stereocenters. The van der Waals surface area contributed by atoms with E-state index in [0.717, 1.165) is 19.0 Å². The maximum Gasteiger partial charge on any atom is 0.323 e. The van der Waals surface area contributed by atoms with Crippen LogP contribution in [0.4, 0.5) is 0 Å². The Bertz CT molecular complexity index is 235. The van der Waals surface area contributed by atoms with Crippen LogP contribution < -0.4 is 5.32 Å². The summed E-state index contributed by atoms with van der Waals surface area (Å²) in [6, 6.07) is 0.760. The smallest absolute Gasteiger partial charge is 0.323 e. The first-order valence-electron chi connectivity index (χ1n) is 6.18. The Labute approximate surface area is 98.0 Å². The molecule has 0 aliphatic heterocycles. The summed E-state index contributed by atoms with van der Waals surface area (Å²) in [6.07, 6.45) is 4.88. The molecule has 0 spiro atoms. The number of carboxylic acids is 1. The number of likely N-dealkylation sites (N-methyl/N-ethyl adjacent to an activating group) is 1. The van der Waals surface area contributed by atoms with Crippen molar-refractivity contribution in [1.82, 2.24) is 10.2 Å². The van der Waals surface area contributed by atoms with Crippen molar-refractivity contribution >= 4 is 5.97 Å². The summed E-state index contributed by atoms with van der Waals surface area (Å²) in [5.41, 5.74) is -0.732. The molecule has 16 heavy (non-hydrogen) atoms. The van der Waals surface area contributed by atoms with Gasteiger partial charge in [0.25, 0.3) is 0 Å². The molecule has 1 aliphatic carbocycles. The summed E-state index contributed by atoms with van der Waals surface area (Å²) in [6.45, 7) is 2.93. The SMILES string of the molecule is CCC(CCCN(C)C1CC1)(NC)C(=O)O. The van der Waals surface area contributed by atoms with Gasteiger partial charge < -0.3 is 15.3 Å². The molecule has 1 saturated carbocycles. The second-order valence-electron chi connectivity index (χ2n) is 4.81. The number of carbonyl (C=O) groups is 1. The van der Waals surface area contributed by atoms with Gasteiger partial charge in [-0.05, 0) is 52.7 Å². The number of hydrogen-bond donors (Lipinski definition) is 2. The Morgan fingerprint density at radius 2 is 2.19 bits per heavy atom. The zero-order chi connectivity index (χ0) is 12.2. The molecular weight excluding hydrogens is 204 g/mol. The molecule has 1 fully saturated rings. The quantitative estimate of drug-likeness (QED) is 0.658. The van der Waals surface area contributed by atoms with Crippen molar-refractivity contribution in [2.45, 2.75) is 50.6 Å². The molecule has 4 nitrogen and oxygen atoms in total. The average Bonchev–Trinajstić information content (AvgIpc) is 3.07. The van der Waals surface area contributed by atoms with E-state index in [1.807, 2.05) is 6.92 Å². The van der Waals surface area contributed by atoms with Gasteiger partial charge in [-0.1, -0.05) is 6.92 Å². The molecule has 0 saturated heterocycles. The molecule has 0 aromatic heterocycles. The topological polar surface area (TPSA) is 52.6 Å². The first kappa shape index (κ1) is 13.5. The van der Waals surface area contributed by atoms with Gasteiger partial charge in [-0.3, -0.25) is 4.79 Å². The third-order valence-corrected chi connectivity index (χ3v) is 3.78. The maximum atomic E-state index is 11.2. The van der Waals surface area contributed by atoms with Crippen LogP contribution in [-0.4, -0.2) is 48.2 Å². The fraction of sp³-hybridized carbons (Fsp3) is 0.917. The van der Waals surface area contributed by atoms with E-state index in [1.165, 1.54) is 12.8 Å². The highest BCUT2D eigenvalue weighted by Gasteiger charge is 2.34. The summed E-state index contributed by atoms with van der Waals surface area (Å²) in [5, 5.41) is 12.2. The zero-order valence-electron chi connectivity index (χ0n) is 10.6. The minimum Gasteiger partial charge on any atom is -0.480 e. The predicted octanol–water partition coefficient (Wildman–Crippen LogP) is 1.31. The third kappa shape index (κ3) is 3.19. The monoisotopic (exact) mass is 228 g/mol. The van der Waals surface area contributed by atoms with Gasteiger partial charge in [0.05, 0.1) is 0 Å². The molecule has 0 aromatic carbocycles. The number of aliphatic carboxylic acids is 1. The van der Waals surface area contributed by atoms with Crippen LogP contribution in [0.5, 0.6) is 0 Å². The Hall–Kier alpha value is -0.610. The third-order valence-electron chi connectivity index (χ3n) is 3.78. The highest BCUT2D eigenvalue weighted by atomic mass is 16.4. The summed E-state index contributed by atoms with van der Waals surface area (Å²) < 4.78 is 0. The fourth-order valence-electron chi connectivity index (χ4n) is 2.17. The molecule has 1 rings (SSSR count). The van der Waals surface area contributed by atoms with E-state index in [0.29, 0.717) is 12.8 Å². The minimum atomic E-state index is -0.732. The van der Waals surface area contributed by atoms with Crippen LogP contribution in [0.15, 0.2) is 0 Å². The van der Waals surface area contributed by atoms with Crippen molar-refractivity contribution in [2.75, 3.05) is 20.6 Å². The molecule has 0 bridgehead atoms. The maximum absolute atomic E-state index is 11.2. The Morgan fingerprint density at radius 1 is 1.56 bits per heavy atom. The van der Waals surface area contributed by atoms with Gasteiger partial charge in [0.15, 0.2) is 0 Å². The molecular formula is C12H24N2O2. The molecule has 94 valence electrons. The van der Waals surface area contributed by atoms with Gasteiger partial charge >= 0.3 is 5.97 Å². The van der Waals surface area contributed by atoms with Gasteiger partial charge in [-0.15, -0.1) is 0 Å². The van der Waals surface area contributed by atoms with Crippen molar-refractivity contribution in [3.05, 3.63) is 0 Å². The average molecular weight is 228 g/mol. The predicted molar refractivity (Wildman–Crippen MR) is 64.6 cm³/mol. The second kappa shape index (κ2) is 5.64. The lowest BCUT2D eigenvalue weighted by Crippen LogP contribution is -2.50. The first-order chi connectivity index (χ1) is 7.55. The van der Waals surface area contributed by atoms with E-state index in [9.17, 15) is 9.90 Å². The molecule has 2 N–H and O–H groups in total. The van der Waals surface area contributed by atoms with Crippen LogP contribution in [0.3, 0.4) is 0 Å². The van der Waals surface area contributed by atoms with E-state index >= 15 is 0 Å². The number of nitrogens with zero attached hydrogens (tertiary/aromatic N) is 1. The lowest BCUT2D eigenvalue weighted by Gasteiger charge is -2.28. The summed E-state index contributed by atoms with van der Waals surface area (Å²) >= 11 is 0. The number of carboxylic acid groups (broad SMARTS) is 1. The van der Waals surface area contributed by atoms with Crippen LogP contribution in [0.1, 0.15) is 39.0 Å². The highest BCUT2D eigenvalue weighted by Crippen LogP contribution is 2.26. The van der Waals surface area contributed by atoms with Crippen molar-refractivity contribution in [3.8, 4) is 0 Å². The van der Waals surface area contributed by atoms with Gasteiger partial charge in [0.1, 0.15) is 5.54 Å².